The second kappa shape index (κ2) is 5.66. The molecule has 0 radical (unpaired) electrons. The molecule has 0 aromatic heterocycles. The lowest BCUT2D eigenvalue weighted by molar-refractivity contribution is 0.0697. The maximum atomic E-state index is 10.6. The van der Waals surface area contributed by atoms with Crippen molar-refractivity contribution in [3.05, 3.63) is 47.5 Å². The average Bonchev–Trinajstić information content (AvgIpc) is 2.25. The average molecular weight is 200 g/mol. The van der Waals surface area contributed by atoms with Gasteiger partial charge in [0.1, 0.15) is 0 Å². The van der Waals surface area contributed by atoms with Gasteiger partial charge >= 0.3 is 5.97 Å². The molecule has 0 amide bonds. The molecule has 0 unspecified atom stereocenters. The Morgan fingerprint density at radius 3 is 2.60 bits per heavy atom. The Balaban J connectivity index is 2.75. The van der Waals surface area contributed by atoms with Crippen LogP contribution in [0.1, 0.15) is 29.3 Å². The monoisotopic (exact) mass is 200 g/mol. The minimum atomic E-state index is -0.916. The van der Waals surface area contributed by atoms with Gasteiger partial charge in [-0.3, -0.25) is 0 Å². The largest absolute Gasteiger partial charge is 0.478 e. The van der Waals surface area contributed by atoms with Crippen LogP contribution in [0.15, 0.2) is 36.4 Å². The van der Waals surface area contributed by atoms with Crippen LogP contribution < -0.4 is 0 Å². The number of hydrogen-bond acceptors (Lipinski definition) is 1. The summed E-state index contributed by atoms with van der Waals surface area (Å²) < 4.78 is 0. The molecule has 0 saturated carbocycles. The maximum absolute atomic E-state index is 10.6. The van der Waals surface area contributed by atoms with Gasteiger partial charge in [0.05, 0.1) is 5.56 Å². The number of benzene rings is 1. The molecule has 2 nitrogen and oxygen atoms in total. The van der Waals surface area contributed by atoms with E-state index >= 15 is 0 Å². The molecule has 0 aliphatic rings. The zero-order valence-corrected chi connectivity index (χ0v) is 8.53. The summed E-state index contributed by atoms with van der Waals surface area (Å²) in [6.07, 6.45) is 4.73. The maximum Gasteiger partial charge on any atom is 0.335 e. The van der Waals surface area contributed by atoms with Crippen molar-refractivity contribution in [2.24, 2.45) is 0 Å². The smallest absolute Gasteiger partial charge is 0.335 e. The van der Waals surface area contributed by atoms with Gasteiger partial charge in [-0.15, -0.1) is 0 Å². The van der Waals surface area contributed by atoms with Crippen LogP contribution in [0.3, 0.4) is 0 Å². The van der Waals surface area contributed by atoms with Gasteiger partial charge in [-0.2, -0.15) is 0 Å². The van der Waals surface area contributed by atoms with Crippen LogP contribution >= 0.6 is 0 Å². The van der Waals surface area contributed by atoms with E-state index in [0.29, 0.717) is 0 Å². The molecule has 0 spiro atoms. The highest BCUT2D eigenvalue weighted by atomic mass is 16.4. The Morgan fingerprint density at radius 2 is 2.07 bits per heavy atom. The van der Waals surface area contributed by atoms with Crippen LogP contribution in [0.5, 0.6) is 0 Å². The van der Waals surface area contributed by atoms with Gasteiger partial charge in [0.15, 0.2) is 0 Å². The van der Waals surface area contributed by atoms with E-state index in [0.717, 1.165) is 12.0 Å². The molecule has 0 bridgehead atoms. The van der Waals surface area contributed by atoms with Crippen LogP contribution in [0.25, 0.3) is 0 Å². The van der Waals surface area contributed by atoms with Crippen LogP contribution in [0.4, 0.5) is 0 Å². The third-order valence-electron chi connectivity index (χ3n) is 1.79. The van der Waals surface area contributed by atoms with Crippen molar-refractivity contribution in [2.45, 2.75) is 13.3 Å². The van der Waals surface area contributed by atoms with E-state index in [1.807, 2.05) is 13.0 Å². The van der Waals surface area contributed by atoms with Gasteiger partial charge in [-0.05, 0) is 36.8 Å². The lowest BCUT2D eigenvalue weighted by Gasteiger charge is -1.92. The van der Waals surface area contributed by atoms with Crippen molar-refractivity contribution < 1.29 is 9.90 Å². The zero-order valence-electron chi connectivity index (χ0n) is 8.53. The predicted octanol–water partition coefficient (Wildman–Crippen LogP) is 2.70. The number of allylic oxidation sites excluding steroid dienone is 2. The Kier molecular flexibility index (Phi) is 4.18. The number of carboxylic acids is 1. The van der Waals surface area contributed by atoms with E-state index in [9.17, 15) is 4.79 Å². The number of carboxylic acid groups (broad SMARTS) is 1. The number of rotatable bonds is 2. The number of hydrogen-bond donors (Lipinski definition) is 1. The van der Waals surface area contributed by atoms with E-state index in [1.165, 1.54) is 0 Å². The third-order valence-corrected chi connectivity index (χ3v) is 1.79. The Labute approximate surface area is 89.3 Å². The second-order valence-electron chi connectivity index (χ2n) is 2.96. The Morgan fingerprint density at radius 1 is 1.40 bits per heavy atom. The summed E-state index contributed by atoms with van der Waals surface area (Å²) >= 11 is 0. The lowest BCUT2D eigenvalue weighted by atomic mass is 10.1. The van der Waals surface area contributed by atoms with Crippen molar-refractivity contribution in [2.75, 3.05) is 0 Å². The summed E-state index contributed by atoms with van der Waals surface area (Å²) in [5.74, 6) is 4.87. The molecule has 0 aliphatic heterocycles. The van der Waals surface area contributed by atoms with Gasteiger partial charge in [0, 0.05) is 5.56 Å². The summed E-state index contributed by atoms with van der Waals surface area (Å²) in [6, 6.07) is 6.51. The van der Waals surface area contributed by atoms with Gasteiger partial charge in [0.25, 0.3) is 0 Å². The van der Waals surface area contributed by atoms with Crippen molar-refractivity contribution in [3.63, 3.8) is 0 Å². The molecule has 0 fully saturated rings. The third kappa shape index (κ3) is 3.70. The SMILES string of the molecule is CCC=CC#Cc1ccc(C(=O)O)cc1. The summed E-state index contributed by atoms with van der Waals surface area (Å²) in [5.41, 5.74) is 1.10. The molecule has 1 aromatic carbocycles. The van der Waals surface area contributed by atoms with Crippen molar-refractivity contribution in [1.29, 1.82) is 0 Å². The first kappa shape index (κ1) is 11.1. The van der Waals surface area contributed by atoms with Crippen LogP contribution in [0, 0.1) is 11.8 Å². The van der Waals surface area contributed by atoms with E-state index in [2.05, 4.69) is 11.8 Å². The molecule has 1 N–H and O–H groups in total. The van der Waals surface area contributed by atoms with E-state index in [4.69, 9.17) is 5.11 Å². The number of carbonyl (C=O) groups is 1. The zero-order chi connectivity index (χ0) is 11.1. The van der Waals surface area contributed by atoms with E-state index < -0.39 is 5.97 Å². The lowest BCUT2D eigenvalue weighted by Crippen LogP contribution is -1.94. The molecule has 0 aliphatic carbocycles. The van der Waals surface area contributed by atoms with Gasteiger partial charge in [0.2, 0.25) is 0 Å². The molecule has 1 aromatic rings. The van der Waals surface area contributed by atoms with Crippen LogP contribution in [0.2, 0.25) is 0 Å². The first-order valence-electron chi connectivity index (χ1n) is 4.74. The van der Waals surface area contributed by atoms with E-state index in [1.54, 1.807) is 30.3 Å². The first-order valence-corrected chi connectivity index (χ1v) is 4.74. The summed E-state index contributed by atoms with van der Waals surface area (Å²) in [5, 5.41) is 8.67. The minimum Gasteiger partial charge on any atom is -0.478 e. The standard InChI is InChI=1S/C13H12O2/c1-2-3-4-5-6-11-7-9-12(10-8-11)13(14)15/h3-4,7-10H,2H2,1H3,(H,14,15). The summed E-state index contributed by atoms with van der Waals surface area (Å²) in [6.45, 7) is 2.04. The quantitative estimate of drug-likeness (QED) is 0.745. The fourth-order valence-corrected chi connectivity index (χ4v) is 0.998. The molecular formula is C13H12O2. The van der Waals surface area contributed by atoms with Gasteiger partial charge in [-0.1, -0.05) is 24.8 Å². The topological polar surface area (TPSA) is 37.3 Å². The van der Waals surface area contributed by atoms with Crippen LogP contribution in [-0.2, 0) is 0 Å². The molecule has 1 rings (SSSR count). The van der Waals surface area contributed by atoms with Crippen molar-refractivity contribution in [3.8, 4) is 11.8 Å². The molecule has 76 valence electrons. The molecule has 2 heteroatoms. The molecule has 15 heavy (non-hydrogen) atoms. The summed E-state index contributed by atoms with van der Waals surface area (Å²) in [7, 11) is 0. The summed E-state index contributed by atoms with van der Waals surface area (Å²) in [4.78, 5) is 10.6. The fraction of sp³-hybridized carbons (Fsp3) is 0.154. The predicted molar refractivity (Wildman–Crippen MR) is 59.7 cm³/mol. The molecular weight excluding hydrogens is 188 g/mol. The molecule has 0 saturated heterocycles. The van der Waals surface area contributed by atoms with Gasteiger partial charge < -0.3 is 5.11 Å². The molecule has 0 atom stereocenters. The minimum absolute atomic E-state index is 0.282. The second-order valence-corrected chi connectivity index (χ2v) is 2.96. The highest BCUT2D eigenvalue weighted by Gasteiger charge is 1.99. The highest BCUT2D eigenvalue weighted by molar-refractivity contribution is 5.87. The Bertz CT molecular complexity index is 416. The normalized spacial score (nSPS) is 9.67. The molecule has 0 heterocycles. The van der Waals surface area contributed by atoms with Crippen LogP contribution in [-0.4, -0.2) is 11.1 Å². The fourth-order valence-electron chi connectivity index (χ4n) is 0.998. The van der Waals surface area contributed by atoms with Crippen molar-refractivity contribution >= 4 is 5.97 Å². The van der Waals surface area contributed by atoms with Gasteiger partial charge in [-0.25, -0.2) is 4.79 Å². The number of aromatic carboxylic acids is 1. The highest BCUT2D eigenvalue weighted by Crippen LogP contribution is 2.02. The van der Waals surface area contributed by atoms with E-state index in [-0.39, 0.29) is 5.56 Å². The van der Waals surface area contributed by atoms with Crippen molar-refractivity contribution in [1.82, 2.24) is 0 Å². The Hall–Kier alpha value is -2.01. The first-order chi connectivity index (χ1) is 7.24.